The number of likely N-dealkylation sites (tertiary alicyclic amines) is 1. The number of piperidine rings is 1. The minimum atomic E-state index is -0.320. The molecule has 0 saturated carbocycles. The molecule has 0 spiro atoms. The van der Waals surface area contributed by atoms with Gasteiger partial charge < -0.3 is 10.6 Å². The Bertz CT molecular complexity index is 748. The number of carbonyl (C=O) groups is 2. The van der Waals surface area contributed by atoms with Gasteiger partial charge in [-0.1, -0.05) is 6.07 Å². The number of nitrogens with zero attached hydrogens (tertiary/aromatic N) is 3. The zero-order valence-corrected chi connectivity index (χ0v) is 14.1. The standard InChI is InChI=1S/C19H22N4O2/c20-18(24)7-6-16-4-1-5-17(22-16)15-3-2-12-23(13-15)19(25)14-8-10-21-11-9-14/h1,4-5,8-11,15H,2-3,6-7,12-13H2,(H2,20,24)/t15-/m0/s1. The highest BCUT2D eigenvalue weighted by atomic mass is 16.2. The molecule has 0 unspecified atom stereocenters. The van der Waals surface area contributed by atoms with E-state index in [0.717, 1.165) is 30.8 Å². The molecule has 2 amide bonds. The van der Waals surface area contributed by atoms with E-state index in [-0.39, 0.29) is 17.7 Å². The number of hydrogen-bond donors (Lipinski definition) is 1. The summed E-state index contributed by atoms with van der Waals surface area (Å²) in [4.78, 5) is 34.1. The van der Waals surface area contributed by atoms with E-state index in [1.54, 1.807) is 24.5 Å². The van der Waals surface area contributed by atoms with Crippen LogP contribution in [0.2, 0.25) is 0 Å². The molecule has 0 aliphatic carbocycles. The molecule has 2 aromatic heterocycles. The molecule has 0 radical (unpaired) electrons. The molecule has 1 aliphatic heterocycles. The number of aryl methyl sites for hydroxylation is 1. The van der Waals surface area contributed by atoms with Gasteiger partial charge in [0.25, 0.3) is 5.91 Å². The van der Waals surface area contributed by atoms with Crippen molar-refractivity contribution in [3.63, 3.8) is 0 Å². The van der Waals surface area contributed by atoms with Crippen LogP contribution in [0.5, 0.6) is 0 Å². The Labute approximate surface area is 147 Å². The molecule has 1 aliphatic rings. The third-order valence-corrected chi connectivity index (χ3v) is 4.51. The molecule has 6 heteroatoms. The number of pyridine rings is 2. The van der Waals surface area contributed by atoms with Crippen LogP contribution in [-0.2, 0) is 11.2 Å². The molecule has 3 rings (SSSR count). The maximum absolute atomic E-state index is 12.6. The summed E-state index contributed by atoms with van der Waals surface area (Å²) in [6.45, 7) is 1.42. The second-order valence-electron chi connectivity index (χ2n) is 6.35. The summed E-state index contributed by atoms with van der Waals surface area (Å²) in [5, 5.41) is 0. The molecule has 1 atom stereocenters. The molecule has 1 saturated heterocycles. The molecule has 3 heterocycles. The molecular formula is C19H22N4O2. The lowest BCUT2D eigenvalue weighted by Crippen LogP contribution is -2.39. The zero-order chi connectivity index (χ0) is 17.6. The zero-order valence-electron chi connectivity index (χ0n) is 14.1. The van der Waals surface area contributed by atoms with E-state index >= 15 is 0 Å². The average Bonchev–Trinajstić information content (AvgIpc) is 2.67. The lowest BCUT2D eigenvalue weighted by Gasteiger charge is -2.32. The lowest BCUT2D eigenvalue weighted by molar-refractivity contribution is -0.118. The SMILES string of the molecule is NC(=O)CCc1cccc([C@H]2CCCN(C(=O)c3ccncc3)C2)n1. The van der Waals surface area contributed by atoms with Crippen LogP contribution < -0.4 is 5.73 Å². The van der Waals surface area contributed by atoms with Crippen LogP contribution in [0.25, 0.3) is 0 Å². The number of aromatic nitrogens is 2. The molecular weight excluding hydrogens is 316 g/mol. The number of rotatable bonds is 5. The van der Waals surface area contributed by atoms with E-state index in [2.05, 4.69) is 9.97 Å². The van der Waals surface area contributed by atoms with E-state index < -0.39 is 0 Å². The minimum Gasteiger partial charge on any atom is -0.370 e. The second kappa shape index (κ2) is 7.88. The van der Waals surface area contributed by atoms with Gasteiger partial charge in [-0.2, -0.15) is 0 Å². The van der Waals surface area contributed by atoms with E-state index in [0.29, 0.717) is 24.9 Å². The van der Waals surface area contributed by atoms with Crippen LogP contribution in [0.4, 0.5) is 0 Å². The summed E-state index contributed by atoms with van der Waals surface area (Å²) in [5.41, 5.74) is 7.73. The summed E-state index contributed by atoms with van der Waals surface area (Å²) in [6.07, 6.45) is 6.08. The molecule has 130 valence electrons. The molecule has 6 nitrogen and oxygen atoms in total. The van der Waals surface area contributed by atoms with Crippen molar-refractivity contribution in [2.45, 2.75) is 31.6 Å². The van der Waals surface area contributed by atoms with Gasteiger partial charge in [0.2, 0.25) is 5.91 Å². The predicted octanol–water partition coefficient (Wildman–Crippen LogP) is 1.91. The van der Waals surface area contributed by atoms with Crippen LogP contribution in [0.1, 0.15) is 46.9 Å². The average molecular weight is 338 g/mol. The Morgan fingerprint density at radius 2 is 2.00 bits per heavy atom. The topological polar surface area (TPSA) is 89.2 Å². The Balaban J connectivity index is 1.70. The highest BCUT2D eigenvalue weighted by molar-refractivity contribution is 5.94. The number of carbonyl (C=O) groups excluding carboxylic acids is 2. The summed E-state index contributed by atoms with van der Waals surface area (Å²) in [7, 11) is 0. The highest BCUT2D eigenvalue weighted by Crippen LogP contribution is 2.26. The third-order valence-electron chi connectivity index (χ3n) is 4.51. The summed E-state index contributed by atoms with van der Waals surface area (Å²) in [6, 6.07) is 9.36. The first-order chi connectivity index (χ1) is 12.1. The molecule has 2 N–H and O–H groups in total. The van der Waals surface area contributed by atoms with Gasteiger partial charge in [0.15, 0.2) is 0 Å². The summed E-state index contributed by atoms with van der Waals surface area (Å²) < 4.78 is 0. The number of nitrogens with two attached hydrogens (primary N) is 1. The fraction of sp³-hybridized carbons (Fsp3) is 0.368. The van der Waals surface area contributed by atoms with Gasteiger partial charge in [-0.3, -0.25) is 19.6 Å². The molecule has 1 fully saturated rings. The van der Waals surface area contributed by atoms with E-state index in [1.165, 1.54) is 0 Å². The van der Waals surface area contributed by atoms with Crippen LogP contribution in [0, 0.1) is 0 Å². The van der Waals surface area contributed by atoms with Crippen LogP contribution in [0.3, 0.4) is 0 Å². The minimum absolute atomic E-state index is 0.0389. The fourth-order valence-corrected chi connectivity index (χ4v) is 3.20. The van der Waals surface area contributed by atoms with Crippen molar-refractivity contribution in [2.75, 3.05) is 13.1 Å². The maximum atomic E-state index is 12.6. The molecule has 2 aromatic rings. The fourth-order valence-electron chi connectivity index (χ4n) is 3.20. The maximum Gasteiger partial charge on any atom is 0.253 e. The Morgan fingerprint density at radius 3 is 2.76 bits per heavy atom. The van der Waals surface area contributed by atoms with E-state index in [9.17, 15) is 9.59 Å². The monoisotopic (exact) mass is 338 g/mol. The normalized spacial score (nSPS) is 17.3. The van der Waals surface area contributed by atoms with Crippen molar-refractivity contribution in [2.24, 2.45) is 5.73 Å². The lowest BCUT2D eigenvalue weighted by atomic mass is 9.93. The number of amides is 2. The van der Waals surface area contributed by atoms with Gasteiger partial charge in [-0.25, -0.2) is 0 Å². The molecule has 0 bridgehead atoms. The first-order valence-electron chi connectivity index (χ1n) is 8.57. The Kier molecular flexibility index (Phi) is 5.38. The smallest absolute Gasteiger partial charge is 0.253 e. The first kappa shape index (κ1) is 17.1. The Morgan fingerprint density at radius 1 is 1.20 bits per heavy atom. The summed E-state index contributed by atoms with van der Waals surface area (Å²) >= 11 is 0. The predicted molar refractivity (Wildman–Crippen MR) is 93.9 cm³/mol. The molecule has 25 heavy (non-hydrogen) atoms. The highest BCUT2D eigenvalue weighted by Gasteiger charge is 2.26. The van der Waals surface area contributed by atoms with Gasteiger partial charge in [0.05, 0.1) is 0 Å². The number of hydrogen-bond acceptors (Lipinski definition) is 4. The Hall–Kier alpha value is -2.76. The quantitative estimate of drug-likeness (QED) is 0.902. The van der Waals surface area contributed by atoms with Crippen molar-refractivity contribution < 1.29 is 9.59 Å². The van der Waals surface area contributed by atoms with Gasteiger partial charge in [0.1, 0.15) is 0 Å². The molecule has 0 aromatic carbocycles. The van der Waals surface area contributed by atoms with Crippen LogP contribution >= 0.6 is 0 Å². The van der Waals surface area contributed by atoms with Gasteiger partial charge >= 0.3 is 0 Å². The van der Waals surface area contributed by atoms with Gasteiger partial charge in [0, 0.05) is 54.8 Å². The van der Waals surface area contributed by atoms with Crippen LogP contribution in [-0.4, -0.2) is 39.8 Å². The third kappa shape index (κ3) is 4.41. The first-order valence-corrected chi connectivity index (χ1v) is 8.57. The van der Waals surface area contributed by atoms with Gasteiger partial charge in [-0.15, -0.1) is 0 Å². The van der Waals surface area contributed by atoms with Gasteiger partial charge in [-0.05, 0) is 43.5 Å². The van der Waals surface area contributed by atoms with Crippen molar-refractivity contribution in [1.29, 1.82) is 0 Å². The van der Waals surface area contributed by atoms with Crippen molar-refractivity contribution in [1.82, 2.24) is 14.9 Å². The van der Waals surface area contributed by atoms with Crippen molar-refractivity contribution in [3.8, 4) is 0 Å². The second-order valence-corrected chi connectivity index (χ2v) is 6.35. The van der Waals surface area contributed by atoms with E-state index in [4.69, 9.17) is 5.73 Å². The van der Waals surface area contributed by atoms with Crippen molar-refractivity contribution >= 4 is 11.8 Å². The number of primary amides is 1. The van der Waals surface area contributed by atoms with Crippen LogP contribution in [0.15, 0.2) is 42.7 Å². The largest absolute Gasteiger partial charge is 0.370 e. The van der Waals surface area contributed by atoms with Crippen molar-refractivity contribution in [3.05, 3.63) is 59.7 Å². The summed E-state index contributed by atoms with van der Waals surface area (Å²) in [5.74, 6) is -0.0657. The van der Waals surface area contributed by atoms with E-state index in [1.807, 2.05) is 23.1 Å².